The van der Waals surface area contributed by atoms with Gasteiger partial charge in [0.05, 0.1) is 29.5 Å². The van der Waals surface area contributed by atoms with E-state index >= 15 is 0 Å². The molecule has 0 aromatic carbocycles. The molecule has 9 heteroatoms. The van der Waals surface area contributed by atoms with E-state index in [1.807, 2.05) is 19.1 Å². The quantitative estimate of drug-likeness (QED) is 0.521. The third-order valence-electron chi connectivity index (χ3n) is 7.80. The molecule has 5 rings (SSSR count). The maximum Gasteiger partial charge on any atom is 0.257 e. The van der Waals surface area contributed by atoms with Gasteiger partial charge in [-0.3, -0.25) is 19.7 Å². The van der Waals surface area contributed by atoms with E-state index in [4.69, 9.17) is 9.72 Å². The summed E-state index contributed by atoms with van der Waals surface area (Å²) in [5.41, 5.74) is 1.22. The van der Waals surface area contributed by atoms with E-state index in [2.05, 4.69) is 10.2 Å². The summed E-state index contributed by atoms with van der Waals surface area (Å²) in [5.74, 6) is 0.138. The van der Waals surface area contributed by atoms with E-state index < -0.39 is 11.9 Å². The lowest BCUT2D eigenvalue weighted by Gasteiger charge is -2.36. The minimum atomic E-state index is -0.646. The Hall–Kier alpha value is -2.81. The average molecular weight is 469 g/mol. The highest BCUT2D eigenvalue weighted by atomic mass is 16.5. The van der Waals surface area contributed by atoms with Gasteiger partial charge in [0.2, 0.25) is 11.8 Å². The number of nitrogens with one attached hydrogen (secondary N) is 1. The molecule has 0 radical (unpaired) electrons. The summed E-state index contributed by atoms with van der Waals surface area (Å²) in [6.07, 6.45) is 7.77. The normalized spacial score (nSPS) is 30.3. The first-order valence-electron chi connectivity index (χ1n) is 12.5. The molecule has 1 aliphatic carbocycles. The number of pyridine rings is 1. The van der Waals surface area contributed by atoms with Gasteiger partial charge in [-0.2, -0.15) is 0 Å². The van der Waals surface area contributed by atoms with Crippen molar-refractivity contribution in [1.29, 1.82) is 0 Å². The molecule has 2 unspecified atom stereocenters. The highest BCUT2D eigenvalue weighted by Gasteiger charge is 2.44. The zero-order valence-corrected chi connectivity index (χ0v) is 19.6. The number of ether oxygens (including phenoxy) is 1. The molecule has 1 aromatic rings. The number of fused-ring (bicyclic) bond motifs is 1. The highest BCUT2D eigenvalue weighted by Crippen LogP contribution is 2.37. The van der Waals surface area contributed by atoms with Crippen LogP contribution in [-0.2, 0) is 19.1 Å². The van der Waals surface area contributed by atoms with Crippen LogP contribution in [0.5, 0.6) is 0 Å². The Bertz CT molecular complexity index is 982. The number of piperidine rings is 2. The van der Waals surface area contributed by atoms with Gasteiger partial charge < -0.3 is 19.3 Å². The number of carbonyl (C=O) groups is 4. The van der Waals surface area contributed by atoms with Crippen LogP contribution in [0.3, 0.4) is 0 Å². The molecule has 1 aromatic heterocycles. The number of hydrogen-bond acceptors (Lipinski definition) is 7. The van der Waals surface area contributed by atoms with Gasteiger partial charge in [-0.25, -0.2) is 4.98 Å². The van der Waals surface area contributed by atoms with Crippen molar-refractivity contribution < 1.29 is 23.9 Å². The van der Waals surface area contributed by atoms with Crippen LogP contribution in [0.4, 0.5) is 5.82 Å². The number of aromatic nitrogens is 1. The summed E-state index contributed by atoms with van der Waals surface area (Å²) < 4.78 is 6.34. The molecule has 9 nitrogen and oxygen atoms in total. The highest BCUT2D eigenvalue weighted by molar-refractivity contribution is 6.05. The molecule has 34 heavy (non-hydrogen) atoms. The van der Waals surface area contributed by atoms with Crippen molar-refractivity contribution in [3.8, 4) is 0 Å². The lowest BCUT2D eigenvalue weighted by atomic mass is 9.88. The summed E-state index contributed by atoms with van der Waals surface area (Å²) >= 11 is 0. The molecule has 1 saturated carbocycles. The molecule has 3 aliphatic heterocycles. The maximum atomic E-state index is 13.1. The topological polar surface area (TPSA) is 109 Å². The van der Waals surface area contributed by atoms with Gasteiger partial charge in [0.1, 0.15) is 18.1 Å². The number of aldehydes is 1. The summed E-state index contributed by atoms with van der Waals surface area (Å²) in [5, 5.41) is 2.35. The molecule has 4 heterocycles. The molecule has 1 N–H and O–H groups in total. The molecule has 3 fully saturated rings. The molecule has 2 atom stereocenters. The third kappa shape index (κ3) is 4.33. The molecule has 0 spiro atoms. The standard InChI is InChI=1S/C25H32N4O5/c1-15-23-19(25(33)29(15)20-7-9-22(31)27-24(20)32)6-8-21(26-23)28-12-10-18(11-13-28)34-17-4-2-16(14-30)3-5-17/h6,8,14-18,20H,2-5,7,9-13H2,1H3,(H,27,31,32)/t15?,16-,17-,20?. The Kier molecular flexibility index (Phi) is 6.38. The number of carbonyl (C=O) groups excluding carboxylic acids is 4. The zero-order valence-electron chi connectivity index (χ0n) is 19.6. The molecular formula is C25H32N4O5. The van der Waals surface area contributed by atoms with Gasteiger partial charge in [0.25, 0.3) is 5.91 Å². The van der Waals surface area contributed by atoms with Gasteiger partial charge >= 0.3 is 0 Å². The van der Waals surface area contributed by atoms with Gasteiger partial charge in [0, 0.05) is 25.4 Å². The Labute approximate surface area is 199 Å². The monoisotopic (exact) mass is 468 g/mol. The fraction of sp³-hybridized carbons (Fsp3) is 0.640. The smallest absolute Gasteiger partial charge is 0.257 e. The van der Waals surface area contributed by atoms with Crippen LogP contribution in [0.2, 0.25) is 0 Å². The fourth-order valence-corrected chi connectivity index (χ4v) is 5.80. The summed E-state index contributed by atoms with van der Waals surface area (Å²) in [7, 11) is 0. The van der Waals surface area contributed by atoms with Crippen molar-refractivity contribution in [3.63, 3.8) is 0 Å². The van der Waals surface area contributed by atoms with Crippen LogP contribution in [0.25, 0.3) is 0 Å². The lowest BCUT2D eigenvalue weighted by Crippen LogP contribution is -2.53. The van der Waals surface area contributed by atoms with Crippen molar-refractivity contribution in [2.45, 2.75) is 82.6 Å². The molecule has 182 valence electrons. The number of anilines is 1. The maximum absolute atomic E-state index is 13.1. The number of hydrogen-bond donors (Lipinski definition) is 1. The first-order valence-corrected chi connectivity index (χ1v) is 12.5. The van der Waals surface area contributed by atoms with Crippen molar-refractivity contribution in [2.24, 2.45) is 5.92 Å². The fourth-order valence-electron chi connectivity index (χ4n) is 5.80. The minimum absolute atomic E-state index is 0.201. The second kappa shape index (κ2) is 9.44. The molecular weight excluding hydrogens is 436 g/mol. The number of amides is 3. The first-order chi connectivity index (χ1) is 16.4. The van der Waals surface area contributed by atoms with Crippen LogP contribution in [0.15, 0.2) is 12.1 Å². The van der Waals surface area contributed by atoms with Gasteiger partial charge in [-0.1, -0.05) is 0 Å². The second-order valence-corrected chi connectivity index (χ2v) is 9.95. The molecule has 4 aliphatic rings. The lowest BCUT2D eigenvalue weighted by molar-refractivity contribution is -0.137. The van der Waals surface area contributed by atoms with Crippen LogP contribution in [-0.4, -0.2) is 65.2 Å². The zero-order chi connectivity index (χ0) is 23.8. The number of imide groups is 1. The van der Waals surface area contributed by atoms with E-state index in [9.17, 15) is 19.2 Å². The molecule has 2 saturated heterocycles. The van der Waals surface area contributed by atoms with E-state index in [1.54, 1.807) is 4.90 Å². The molecule has 0 bridgehead atoms. The van der Waals surface area contributed by atoms with Crippen molar-refractivity contribution >= 4 is 29.8 Å². The van der Waals surface area contributed by atoms with E-state index in [0.29, 0.717) is 17.7 Å². The molecule has 3 amide bonds. The largest absolute Gasteiger partial charge is 0.375 e. The minimum Gasteiger partial charge on any atom is -0.375 e. The van der Waals surface area contributed by atoms with Gasteiger partial charge in [-0.15, -0.1) is 0 Å². The van der Waals surface area contributed by atoms with Gasteiger partial charge in [-0.05, 0) is 64.0 Å². The second-order valence-electron chi connectivity index (χ2n) is 9.95. The van der Waals surface area contributed by atoms with Crippen molar-refractivity contribution in [2.75, 3.05) is 18.0 Å². The summed E-state index contributed by atoms with van der Waals surface area (Å²) in [6.45, 7) is 3.56. The van der Waals surface area contributed by atoms with Crippen molar-refractivity contribution in [1.82, 2.24) is 15.2 Å². The van der Waals surface area contributed by atoms with Gasteiger partial charge in [0.15, 0.2) is 0 Å². The average Bonchev–Trinajstić information content (AvgIpc) is 3.09. The van der Waals surface area contributed by atoms with E-state index in [0.717, 1.165) is 63.7 Å². The summed E-state index contributed by atoms with van der Waals surface area (Å²) in [6, 6.07) is 2.73. The SMILES string of the molecule is CC1c2nc(N3CCC(O[C@H]4CC[C@H](C=O)CC4)CC3)ccc2C(=O)N1C1CCC(=O)NC1=O. The van der Waals surface area contributed by atoms with Crippen LogP contribution >= 0.6 is 0 Å². The first kappa shape index (κ1) is 23.0. The number of nitrogens with zero attached hydrogens (tertiary/aromatic N) is 3. The predicted molar refractivity (Wildman–Crippen MR) is 123 cm³/mol. The third-order valence-corrected chi connectivity index (χ3v) is 7.80. The number of rotatable bonds is 5. The predicted octanol–water partition coefficient (Wildman–Crippen LogP) is 2.15. The van der Waals surface area contributed by atoms with Crippen LogP contribution < -0.4 is 10.2 Å². The Morgan fingerprint density at radius 2 is 1.71 bits per heavy atom. The van der Waals surface area contributed by atoms with E-state index in [-0.39, 0.29) is 42.4 Å². The Morgan fingerprint density at radius 3 is 2.38 bits per heavy atom. The Morgan fingerprint density at radius 1 is 1.00 bits per heavy atom. The van der Waals surface area contributed by atoms with Crippen LogP contribution in [0.1, 0.15) is 80.4 Å². The summed E-state index contributed by atoms with van der Waals surface area (Å²) in [4.78, 5) is 56.6. The Balaban J connectivity index is 1.20. The van der Waals surface area contributed by atoms with Crippen molar-refractivity contribution in [3.05, 3.63) is 23.4 Å². The van der Waals surface area contributed by atoms with E-state index in [1.165, 1.54) is 0 Å². The van der Waals surface area contributed by atoms with Crippen LogP contribution in [0, 0.1) is 5.92 Å².